The van der Waals surface area contributed by atoms with Crippen LogP contribution in [0.15, 0.2) is 11.0 Å². The molecule has 4 rings (SSSR count). The molecule has 134 valence electrons. The standard InChI is InChI=1S/C18H23FN4O2/c1-11-10-25-18-15-13(17(24)12(8-20)9-23(11)15)7-14(19)16(18)22-5-3-21(2)4-6-22/h7-9,11,14,16,20H,3-6,10H2,1-2H3. The number of aromatic nitrogens is 1. The zero-order valence-electron chi connectivity index (χ0n) is 14.5. The maximum Gasteiger partial charge on any atom is 0.198 e. The Hall–Kier alpha value is -1.99. The zero-order valence-corrected chi connectivity index (χ0v) is 14.5. The van der Waals surface area contributed by atoms with Gasteiger partial charge in [-0.25, -0.2) is 4.39 Å². The first kappa shape index (κ1) is 16.5. The van der Waals surface area contributed by atoms with Crippen LogP contribution in [0.2, 0.25) is 0 Å². The van der Waals surface area contributed by atoms with Crippen LogP contribution in [0.4, 0.5) is 4.39 Å². The van der Waals surface area contributed by atoms with Crippen molar-refractivity contribution in [2.24, 2.45) is 0 Å². The molecule has 1 aromatic rings. The lowest BCUT2D eigenvalue weighted by molar-refractivity contribution is 0.0740. The summed E-state index contributed by atoms with van der Waals surface area (Å²) in [6.45, 7) is 5.77. The van der Waals surface area contributed by atoms with E-state index in [9.17, 15) is 4.79 Å². The summed E-state index contributed by atoms with van der Waals surface area (Å²) >= 11 is 0. The lowest BCUT2D eigenvalue weighted by Gasteiger charge is -2.41. The zero-order chi connectivity index (χ0) is 17.7. The van der Waals surface area contributed by atoms with E-state index < -0.39 is 12.2 Å². The molecule has 1 aromatic heterocycles. The second kappa shape index (κ2) is 6.07. The van der Waals surface area contributed by atoms with E-state index in [1.165, 1.54) is 6.08 Å². The Morgan fingerprint density at radius 1 is 1.32 bits per heavy atom. The number of pyridine rings is 1. The van der Waals surface area contributed by atoms with Crippen molar-refractivity contribution in [1.82, 2.24) is 14.4 Å². The molecule has 0 bridgehead atoms. The van der Waals surface area contributed by atoms with Crippen molar-refractivity contribution < 1.29 is 9.13 Å². The van der Waals surface area contributed by atoms with Gasteiger partial charge in [0.2, 0.25) is 0 Å². The molecule has 6 nitrogen and oxygen atoms in total. The van der Waals surface area contributed by atoms with Gasteiger partial charge in [-0.05, 0) is 20.0 Å². The third-order valence-electron chi connectivity index (χ3n) is 5.47. The average molecular weight is 346 g/mol. The maximum atomic E-state index is 15.1. The van der Waals surface area contributed by atoms with Gasteiger partial charge in [0.05, 0.1) is 17.0 Å². The van der Waals surface area contributed by atoms with Crippen LogP contribution in [-0.2, 0) is 4.74 Å². The largest absolute Gasteiger partial charge is 0.492 e. The number of rotatable bonds is 2. The summed E-state index contributed by atoms with van der Waals surface area (Å²) in [7, 11) is 2.06. The summed E-state index contributed by atoms with van der Waals surface area (Å²) in [5, 5.41) is 8.50. The lowest BCUT2D eigenvalue weighted by Crippen LogP contribution is -2.61. The fourth-order valence-corrected chi connectivity index (χ4v) is 3.99. The van der Waals surface area contributed by atoms with Crippen LogP contribution >= 0.6 is 0 Å². The van der Waals surface area contributed by atoms with Gasteiger partial charge in [-0.2, -0.15) is 0 Å². The van der Waals surface area contributed by atoms with Crippen LogP contribution in [-0.4, -0.2) is 72.6 Å². The minimum Gasteiger partial charge on any atom is -0.492 e. The van der Waals surface area contributed by atoms with Gasteiger partial charge in [-0.15, -0.1) is 0 Å². The molecule has 0 amide bonds. The molecule has 3 heterocycles. The summed E-state index contributed by atoms with van der Waals surface area (Å²) in [5.41, 5.74) is -0.00993. The monoisotopic (exact) mass is 346 g/mol. The molecule has 1 saturated heterocycles. The number of nitrogens with zero attached hydrogens (tertiary/aromatic N) is 3. The van der Waals surface area contributed by atoms with Crippen molar-refractivity contribution in [1.29, 1.82) is 5.41 Å². The lowest BCUT2D eigenvalue weighted by atomic mass is 9.97. The van der Waals surface area contributed by atoms with E-state index in [1.54, 1.807) is 6.20 Å². The van der Waals surface area contributed by atoms with E-state index in [2.05, 4.69) is 16.8 Å². The first-order valence-electron chi connectivity index (χ1n) is 8.72. The van der Waals surface area contributed by atoms with Crippen LogP contribution < -0.4 is 16.0 Å². The van der Waals surface area contributed by atoms with Gasteiger partial charge in [-0.3, -0.25) is 9.69 Å². The normalized spacial score (nSPS) is 29.6. The Morgan fingerprint density at radius 3 is 2.72 bits per heavy atom. The highest BCUT2D eigenvalue weighted by Crippen LogP contribution is 2.25. The van der Waals surface area contributed by atoms with Crippen LogP contribution in [0, 0.1) is 5.41 Å². The molecule has 1 aliphatic carbocycles. The van der Waals surface area contributed by atoms with E-state index in [4.69, 9.17) is 10.1 Å². The predicted octanol–water partition coefficient (Wildman–Crippen LogP) is -0.706. The molecule has 2 aliphatic heterocycles. The highest BCUT2D eigenvalue weighted by atomic mass is 19.1. The number of alkyl halides is 1. The minimum atomic E-state index is -1.29. The van der Waals surface area contributed by atoms with Crippen molar-refractivity contribution in [2.75, 3.05) is 39.8 Å². The first-order chi connectivity index (χ1) is 12.0. The molecule has 1 N–H and O–H groups in total. The summed E-state index contributed by atoms with van der Waals surface area (Å²) in [4.78, 5) is 17.0. The Labute approximate surface area is 145 Å². The van der Waals surface area contributed by atoms with Crippen LogP contribution in [0.5, 0.6) is 0 Å². The summed E-state index contributed by atoms with van der Waals surface area (Å²) < 4.78 is 23.0. The fourth-order valence-electron chi connectivity index (χ4n) is 3.99. The van der Waals surface area contributed by atoms with Crippen LogP contribution in [0.25, 0.3) is 11.8 Å². The first-order valence-corrected chi connectivity index (χ1v) is 8.72. The van der Waals surface area contributed by atoms with Gasteiger partial charge in [0.1, 0.15) is 24.6 Å². The van der Waals surface area contributed by atoms with E-state index in [0.29, 0.717) is 22.9 Å². The molecule has 0 saturated carbocycles. The molecule has 1 fully saturated rings. The minimum absolute atomic E-state index is 0.0366. The molecular formula is C18H23FN4O2. The molecule has 3 unspecified atom stereocenters. The van der Waals surface area contributed by atoms with Gasteiger partial charge in [0.25, 0.3) is 0 Å². The number of hydrogen-bond donors (Lipinski definition) is 1. The number of piperazine rings is 1. The van der Waals surface area contributed by atoms with Crippen molar-refractivity contribution in [3.05, 3.63) is 32.6 Å². The van der Waals surface area contributed by atoms with E-state index in [-0.39, 0.29) is 17.0 Å². The molecular weight excluding hydrogens is 323 g/mol. The average Bonchev–Trinajstić information content (AvgIpc) is 2.60. The number of likely N-dealkylation sites (N-methyl/N-ethyl adjacent to an activating group) is 1. The van der Waals surface area contributed by atoms with E-state index in [1.807, 2.05) is 11.5 Å². The SMILES string of the molecule is CC1COC2=c3c(c(=O)c(C=N)cn31)=CC(F)C2N1CCN(C)CC1. The Bertz CT molecular complexity index is 886. The Kier molecular flexibility index (Phi) is 4.00. The third kappa shape index (κ3) is 2.53. The Morgan fingerprint density at radius 2 is 2.04 bits per heavy atom. The maximum absolute atomic E-state index is 15.1. The summed E-state index contributed by atoms with van der Waals surface area (Å²) in [5.74, 6) is 0.571. The second-order valence-corrected chi connectivity index (χ2v) is 7.15. The summed E-state index contributed by atoms with van der Waals surface area (Å²) in [6, 6.07) is -0.445. The molecule has 0 aromatic carbocycles. The number of nitrogens with one attached hydrogen (secondary N) is 1. The summed E-state index contributed by atoms with van der Waals surface area (Å²) in [6.07, 6.45) is 2.88. The van der Waals surface area contributed by atoms with E-state index >= 15 is 4.39 Å². The van der Waals surface area contributed by atoms with Crippen LogP contribution in [0.1, 0.15) is 18.5 Å². The molecule has 3 aliphatic rings. The highest BCUT2D eigenvalue weighted by Gasteiger charge is 2.38. The number of hydrogen-bond acceptors (Lipinski definition) is 5. The third-order valence-corrected chi connectivity index (χ3v) is 5.47. The van der Waals surface area contributed by atoms with Gasteiger partial charge in [0, 0.05) is 43.8 Å². The quantitative estimate of drug-likeness (QED) is 0.719. The van der Waals surface area contributed by atoms with Crippen molar-refractivity contribution in [3.63, 3.8) is 0 Å². The van der Waals surface area contributed by atoms with Crippen LogP contribution in [0.3, 0.4) is 0 Å². The predicted molar refractivity (Wildman–Crippen MR) is 94.1 cm³/mol. The van der Waals surface area contributed by atoms with Crippen molar-refractivity contribution >= 4 is 18.0 Å². The fraction of sp³-hybridized carbons (Fsp3) is 0.556. The van der Waals surface area contributed by atoms with Gasteiger partial charge in [-0.1, -0.05) is 0 Å². The molecule has 0 spiro atoms. The van der Waals surface area contributed by atoms with Gasteiger partial charge >= 0.3 is 0 Å². The molecule has 7 heteroatoms. The number of halogens is 1. The smallest absolute Gasteiger partial charge is 0.198 e. The second-order valence-electron chi connectivity index (χ2n) is 7.15. The van der Waals surface area contributed by atoms with Gasteiger partial charge < -0.3 is 19.6 Å². The molecule has 25 heavy (non-hydrogen) atoms. The molecule has 3 atom stereocenters. The number of ether oxygens (including phenoxy) is 1. The highest BCUT2D eigenvalue weighted by molar-refractivity contribution is 5.76. The van der Waals surface area contributed by atoms with Gasteiger partial charge in [0.15, 0.2) is 5.43 Å². The topological polar surface area (TPSA) is 61.6 Å². The molecule has 0 radical (unpaired) electrons. The Balaban J connectivity index is 1.93. The van der Waals surface area contributed by atoms with Crippen molar-refractivity contribution in [3.8, 4) is 0 Å². The van der Waals surface area contributed by atoms with Crippen molar-refractivity contribution in [2.45, 2.75) is 25.2 Å². The van der Waals surface area contributed by atoms with E-state index in [0.717, 1.165) is 32.4 Å².